The third kappa shape index (κ3) is 2.99. The maximum Gasteiger partial charge on any atom is 0.148 e. The highest BCUT2D eigenvalue weighted by atomic mass is 79.9. The van der Waals surface area contributed by atoms with Crippen LogP contribution in [0.3, 0.4) is 0 Å². The van der Waals surface area contributed by atoms with E-state index in [1.54, 1.807) is 12.1 Å². The van der Waals surface area contributed by atoms with Crippen LogP contribution in [0.25, 0.3) is 0 Å². The van der Waals surface area contributed by atoms with E-state index in [1.165, 1.54) is 18.2 Å². The Kier molecular flexibility index (Phi) is 4.61. The van der Waals surface area contributed by atoms with Crippen LogP contribution in [0.1, 0.15) is 17.2 Å². The number of benzene rings is 2. The smallest absolute Gasteiger partial charge is 0.148 e. The van der Waals surface area contributed by atoms with E-state index in [0.717, 1.165) is 0 Å². The molecule has 0 saturated carbocycles. The minimum atomic E-state index is -0.736. The maximum absolute atomic E-state index is 14.1. The first kappa shape index (κ1) is 14.9. The van der Waals surface area contributed by atoms with Crippen molar-refractivity contribution in [1.29, 1.82) is 0 Å². The number of hydrogen-bond acceptors (Lipinski definition) is 1. The van der Waals surface area contributed by atoms with Crippen molar-refractivity contribution in [3.05, 3.63) is 67.1 Å². The van der Waals surface area contributed by atoms with Crippen LogP contribution < -0.4 is 5.73 Å². The molecule has 1 nitrogen and oxygen atoms in total. The summed E-state index contributed by atoms with van der Waals surface area (Å²) in [4.78, 5) is 0. The molecular weight excluding hydrogens is 403 g/mol. The molecule has 19 heavy (non-hydrogen) atoms. The second-order valence-corrected chi connectivity index (χ2v) is 5.99. The van der Waals surface area contributed by atoms with Crippen LogP contribution >= 0.6 is 43.5 Å². The molecule has 0 aliphatic carbocycles. The quantitative estimate of drug-likeness (QED) is 0.676. The van der Waals surface area contributed by atoms with Gasteiger partial charge in [0.2, 0.25) is 0 Å². The fourth-order valence-corrected chi connectivity index (χ4v) is 2.78. The van der Waals surface area contributed by atoms with Crippen LogP contribution in [0, 0.1) is 11.6 Å². The van der Waals surface area contributed by atoms with Crippen molar-refractivity contribution in [3.8, 4) is 0 Å². The lowest BCUT2D eigenvalue weighted by molar-refractivity contribution is 0.597. The van der Waals surface area contributed by atoms with Gasteiger partial charge in [0.1, 0.15) is 11.6 Å². The molecule has 0 radical (unpaired) electrons. The van der Waals surface area contributed by atoms with Crippen LogP contribution in [0.4, 0.5) is 8.78 Å². The predicted octanol–water partition coefficient (Wildman–Crippen LogP) is 5.19. The molecule has 0 fully saturated rings. The minimum absolute atomic E-state index is 0.0221. The molecule has 0 aliphatic rings. The predicted molar refractivity (Wildman–Crippen MR) is 79.2 cm³/mol. The SMILES string of the molecule is NC(c1ccc(F)cc1Br)c1ccc(Br)c(Cl)c1F. The van der Waals surface area contributed by atoms with Gasteiger partial charge in [0.15, 0.2) is 0 Å². The highest BCUT2D eigenvalue weighted by Gasteiger charge is 2.19. The fourth-order valence-electron chi connectivity index (χ4n) is 1.70. The van der Waals surface area contributed by atoms with E-state index < -0.39 is 17.7 Å². The van der Waals surface area contributed by atoms with Gasteiger partial charge in [-0.1, -0.05) is 39.7 Å². The Morgan fingerprint density at radius 1 is 1.00 bits per heavy atom. The zero-order valence-corrected chi connectivity index (χ0v) is 13.4. The molecule has 2 N–H and O–H groups in total. The van der Waals surface area contributed by atoms with Gasteiger partial charge >= 0.3 is 0 Å². The van der Waals surface area contributed by atoms with Gasteiger partial charge in [-0.25, -0.2) is 8.78 Å². The van der Waals surface area contributed by atoms with Crippen LogP contribution in [0.2, 0.25) is 5.02 Å². The van der Waals surface area contributed by atoms with Gasteiger partial charge in [0, 0.05) is 14.5 Å². The molecule has 0 saturated heterocycles. The molecule has 100 valence electrons. The van der Waals surface area contributed by atoms with Gasteiger partial charge in [-0.05, 0) is 39.7 Å². The lowest BCUT2D eigenvalue weighted by Gasteiger charge is -2.16. The zero-order valence-electron chi connectivity index (χ0n) is 9.43. The fraction of sp³-hybridized carbons (Fsp3) is 0.0769. The lowest BCUT2D eigenvalue weighted by atomic mass is 9.99. The van der Waals surface area contributed by atoms with Crippen molar-refractivity contribution in [1.82, 2.24) is 0 Å². The highest BCUT2D eigenvalue weighted by molar-refractivity contribution is 9.10. The Bertz CT molecular complexity index is 634. The van der Waals surface area contributed by atoms with Crippen molar-refractivity contribution in [2.45, 2.75) is 6.04 Å². The monoisotopic (exact) mass is 409 g/mol. The summed E-state index contributed by atoms with van der Waals surface area (Å²) in [5.41, 5.74) is 6.85. The topological polar surface area (TPSA) is 26.0 Å². The summed E-state index contributed by atoms with van der Waals surface area (Å²) < 4.78 is 28.1. The Morgan fingerprint density at radius 2 is 1.63 bits per heavy atom. The van der Waals surface area contributed by atoms with Crippen molar-refractivity contribution in [3.63, 3.8) is 0 Å². The van der Waals surface area contributed by atoms with Crippen molar-refractivity contribution < 1.29 is 8.78 Å². The number of halogens is 5. The van der Waals surface area contributed by atoms with Gasteiger partial charge in [-0.3, -0.25) is 0 Å². The number of hydrogen-bond donors (Lipinski definition) is 1. The summed E-state index contributed by atoms with van der Waals surface area (Å²) in [7, 11) is 0. The maximum atomic E-state index is 14.1. The Balaban J connectivity index is 2.50. The first-order valence-electron chi connectivity index (χ1n) is 5.25. The van der Waals surface area contributed by atoms with Crippen molar-refractivity contribution in [2.75, 3.05) is 0 Å². The normalized spacial score (nSPS) is 12.5. The molecule has 0 aromatic heterocycles. The minimum Gasteiger partial charge on any atom is -0.320 e. The number of rotatable bonds is 2. The van der Waals surface area contributed by atoms with E-state index >= 15 is 0 Å². The molecule has 0 heterocycles. The van der Waals surface area contributed by atoms with Crippen molar-refractivity contribution in [2.24, 2.45) is 5.73 Å². The first-order valence-corrected chi connectivity index (χ1v) is 7.22. The van der Waals surface area contributed by atoms with Crippen LogP contribution in [0.15, 0.2) is 39.3 Å². The average Bonchev–Trinajstić information content (AvgIpc) is 2.35. The summed E-state index contributed by atoms with van der Waals surface area (Å²) in [6.45, 7) is 0. The van der Waals surface area contributed by atoms with Gasteiger partial charge in [-0.2, -0.15) is 0 Å². The van der Waals surface area contributed by atoms with E-state index in [0.29, 0.717) is 14.5 Å². The van der Waals surface area contributed by atoms with E-state index in [2.05, 4.69) is 31.9 Å². The summed E-state index contributed by atoms with van der Waals surface area (Å²) in [6, 6.07) is 6.51. The molecule has 0 aliphatic heterocycles. The first-order chi connectivity index (χ1) is 8.91. The summed E-state index contributed by atoms with van der Waals surface area (Å²) >= 11 is 12.2. The molecule has 0 spiro atoms. The van der Waals surface area contributed by atoms with E-state index in [9.17, 15) is 8.78 Å². The third-order valence-electron chi connectivity index (χ3n) is 2.70. The summed E-state index contributed by atoms with van der Waals surface area (Å²) in [5.74, 6) is -0.975. The Morgan fingerprint density at radius 3 is 2.26 bits per heavy atom. The Hall–Kier alpha value is -0.490. The molecule has 1 unspecified atom stereocenters. The van der Waals surface area contributed by atoms with E-state index in [4.69, 9.17) is 17.3 Å². The summed E-state index contributed by atoms with van der Waals surface area (Å²) in [6.07, 6.45) is 0. The molecular formula is C13H8Br2ClF2N. The lowest BCUT2D eigenvalue weighted by Crippen LogP contribution is -2.14. The van der Waals surface area contributed by atoms with Crippen LogP contribution in [-0.2, 0) is 0 Å². The molecule has 0 amide bonds. The van der Waals surface area contributed by atoms with Crippen LogP contribution in [-0.4, -0.2) is 0 Å². The van der Waals surface area contributed by atoms with Crippen molar-refractivity contribution >= 4 is 43.5 Å². The van der Waals surface area contributed by atoms with Gasteiger partial charge in [-0.15, -0.1) is 0 Å². The molecule has 2 aromatic rings. The standard InChI is InChI=1S/C13H8Br2ClF2N/c14-9-4-3-8(12(18)11(9)16)13(19)7-2-1-6(17)5-10(7)15/h1-5,13H,19H2. The molecule has 0 bridgehead atoms. The summed E-state index contributed by atoms with van der Waals surface area (Å²) in [5, 5.41) is -0.0221. The molecule has 1 atom stereocenters. The van der Waals surface area contributed by atoms with E-state index in [-0.39, 0.29) is 10.6 Å². The number of nitrogens with two attached hydrogens (primary N) is 1. The second-order valence-electron chi connectivity index (χ2n) is 3.91. The zero-order chi connectivity index (χ0) is 14.2. The molecule has 2 aromatic carbocycles. The highest BCUT2D eigenvalue weighted by Crippen LogP contribution is 2.34. The molecule has 2 rings (SSSR count). The van der Waals surface area contributed by atoms with Gasteiger partial charge in [0.25, 0.3) is 0 Å². The Labute approximate surface area is 131 Å². The van der Waals surface area contributed by atoms with Crippen LogP contribution in [0.5, 0.6) is 0 Å². The average molecular weight is 411 g/mol. The third-order valence-corrected chi connectivity index (χ3v) is 4.64. The van der Waals surface area contributed by atoms with Gasteiger partial charge in [0.05, 0.1) is 11.1 Å². The molecule has 6 heteroatoms. The second kappa shape index (κ2) is 5.87. The van der Waals surface area contributed by atoms with Gasteiger partial charge < -0.3 is 5.73 Å². The largest absolute Gasteiger partial charge is 0.320 e. The van der Waals surface area contributed by atoms with E-state index in [1.807, 2.05) is 0 Å².